The minimum Gasteiger partial charge on any atom is -0.497 e. The number of aromatic amines is 1. The first-order valence-corrected chi connectivity index (χ1v) is 8.65. The van der Waals surface area contributed by atoms with E-state index in [9.17, 15) is 4.79 Å². The second-order valence-electron chi connectivity index (χ2n) is 6.51. The van der Waals surface area contributed by atoms with Crippen LogP contribution in [0.15, 0.2) is 18.2 Å². The number of ether oxygens (including phenoxy) is 1. The predicted octanol–water partition coefficient (Wildman–Crippen LogP) is 2.42. The average Bonchev–Trinajstić information content (AvgIpc) is 3.04. The molecule has 1 fully saturated rings. The SMILES string of the molecule is CCC[C@H]1CCNC[C@@H]1N(C)C(=O)c1n[nH]c2ccc(OC)cc12. The predicted molar refractivity (Wildman–Crippen MR) is 94.4 cm³/mol. The van der Waals surface area contributed by atoms with E-state index in [0.717, 1.165) is 49.0 Å². The monoisotopic (exact) mass is 330 g/mol. The first-order valence-electron chi connectivity index (χ1n) is 8.65. The van der Waals surface area contributed by atoms with Crippen LogP contribution in [-0.2, 0) is 0 Å². The van der Waals surface area contributed by atoms with Crippen molar-refractivity contribution < 1.29 is 9.53 Å². The van der Waals surface area contributed by atoms with Crippen molar-refractivity contribution in [2.24, 2.45) is 5.92 Å². The summed E-state index contributed by atoms with van der Waals surface area (Å²) >= 11 is 0. The van der Waals surface area contributed by atoms with E-state index >= 15 is 0 Å². The summed E-state index contributed by atoms with van der Waals surface area (Å²) < 4.78 is 5.28. The average molecular weight is 330 g/mol. The fraction of sp³-hybridized carbons (Fsp3) is 0.556. The highest BCUT2D eigenvalue weighted by Gasteiger charge is 2.32. The van der Waals surface area contributed by atoms with Gasteiger partial charge in [-0.3, -0.25) is 9.89 Å². The molecule has 2 aromatic rings. The second-order valence-corrected chi connectivity index (χ2v) is 6.51. The molecule has 0 radical (unpaired) electrons. The molecule has 24 heavy (non-hydrogen) atoms. The van der Waals surface area contributed by atoms with Gasteiger partial charge in [-0.05, 0) is 43.5 Å². The molecule has 2 N–H and O–H groups in total. The summed E-state index contributed by atoms with van der Waals surface area (Å²) in [5.74, 6) is 1.23. The lowest BCUT2D eigenvalue weighted by atomic mass is 9.87. The minimum atomic E-state index is -0.0377. The molecule has 1 saturated heterocycles. The van der Waals surface area contributed by atoms with Gasteiger partial charge in [0.25, 0.3) is 5.91 Å². The van der Waals surface area contributed by atoms with Crippen molar-refractivity contribution in [2.45, 2.75) is 32.2 Å². The number of H-pyrrole nitrogens is 1. The molecular weight excluding hydrogens is 304 g/mol. The number of likely N-dealkylation sites (N-methyl/N-ethyl adjacent to an activating group) is 1. The molecule has 0 aliphatic carbocycles. The van der Waals surface area contributed by atoms with Gasteiger partial charge in [0.1, 0.15) is 5.75 Å². The number of nitrogens with zero attached hydrogens (tertiary/aromatic N) is 2. The van der Waals surface area contributed by atoms with Crippen molar-refractivity contribution in [2.75, 3.05) is 27.2 Å². The quantitative estimate of drug-likeness (QED) is 0.883. The van der Waals surface area contributed by atoms with Crippen molar-refractivity contribution in [1.82, 2.24) is 20.4 Å². The normalized spacial score (nSPS) is 21.0. The van der Waals surface area contributed by atoms with Gasteiger partial charge in [0.05, 0.1) is 12.6 Å². The van der Waals surface area contributed by atoms with E-state index in [1.807, 2.05) is 30.1 Å². The molecule has 1 aromatic carbocycles. The zero-order valence-corrected chi connectivity index (χ0v) is 14.6. The first kappa shape index (κ1) is 16.8. The lowest BCUT2D eigenvalue weighted by Gasteiger charge is -2.38. The molecule has 2 atom stereocenters. The van der Waals surface area contributed by atoms with Crippen molar-refractivity contribution in [3.63, 3.8) is 0 Å². The zero-order valence-electron chi connectivity index (χ0n) is 14.6. The van der Waals surface area contributed by atoms with E-state index < -0.39 is 0 Å². The maximum absolute atomic E-state index is 13.0. The highest BCUT2D eigenvalue weighted by molar-refractivity contribution is 6.05. The Labute approximate surface area is 142 Å². The molecule has 1 aliphatic rings. The van der Waals surface area contributed by atoms with Crippen LogP contribution in [0.4, 0.5) is 0 Å². The molecule has 1 amide bonds. The summed E-state index contributed by atoms with van der Waals surface area (Å²) in [6, 6.07) is 5.83. The molecule has 1 aromatic heterocycles. The lowest BCUT2D eigenvalue weighted by molar-refractivity contribution is 0.0621. The Morgan fingerprint density at radius 2 is 2.29 bits per heavy atom. The van der Waals surface area contributed by atoms with Crippen molar-refractivity contribution in [3.05, 3.63) is 23.9 Å². The molecule has 0 bridgehead atoms. The van der Waals surface area contributed by atoms with E-state index in [1.54, 1.807) is 7.11 Å². The van der Waals surface area contributed by atoms with Gasteiger partial charge in [0.2, 0.25) is 0 Å². The van der Waals surface area contributed by atoms with Crippen LogP contribution in [0.3, 0.4) is 0 Å². The van der Waals surface area contributed by atoms with E-state index in [-0.39, 0.29) is 11.9 Å². The van der Waals surface area contributed by atoms with Crippen molar-refractivity contribution in [3.8, 4) is 5.75 Å². The molecule has 2 heterocycles. The smallest absolute Gasteiger partial charge is 0.275 e. The van der Waals surface area contributed by atoms with Gasteiger partial charge in [0.15, 0.2) is 5.69 Å². The molecular formula is C18H26N4O2. The third-order valence-corrected chi connectivity index (χ3v) is 5.04. The summed E-state index contributed by atoms with van der Waals surface area (Å²) in [5.41, 5.74) is 1.31. The summed E-state index contributed by atoms with van der Waals surface area (Å²) in [6.45, 7) is 4.08. The number of methoxy groups -OCH3 is 1. The molecule has 0 spiro atoms. The van der Waals surface area contributed by atoms with Gasteiger partial charge in [-0.2, -0.15) is 5.10 Å². The number of piperidine rings is 1. The Bertz CT molecular complexity index is 710. The number of benzene rings is 1. The Kier molecular flexibility index (Phi) is 5.04. The number of hydrogen-bond acceptors (Lipinski definition) is 4. The van der Waals surface area contributed by atoms with Gasteiger partial charge in [0, 0.05) is 25.0 Å². The van der Waals surface area contributed by atoms with Gasteiger partial charge >= 0.3 is 0 Å². The van der Waals surface area contributed by atoms with E-state index in [0.29, 0.717) is 11.6 Å². The van der Waals surface area contributed by atoms with Crippen LogP contribution in [0, 0.1) is 5.92 Å². The summed E-state index contributed by atoms with van der Waals surface area (Å²) in [5, 5.41) is 11.4. The molecule has 1 aliphatic heterocycles. The van der Waals surface area contributed by atoms with Gasteiger partial charge in [-0.1, -0.05) is 13.3 Å². The third-order valence-electron chi connectivity index (χ3n) is 5.04. The highest BCUT2D eigenvalue weighted by Crippen LogP contribution is 2.26. The summed E-state index contributed by atoms with van der Waals surface area (Å²) in [6.07, 6.45) is 3.41. The van der Waals surface area contributed by atoms with E-state index in [4.69, 9.17) is 4.74 Å². The summed E-state index contributed by atoms with van der Waals surface area (Å²) in [4.78, 5) is 14.9. The molecule has 6 nitrogen and oxygen atoms in total. The Balaban J connectivity index is 1.87. The summed E-state index contributed by atoms with van der Waals surface area (Å²) in [7, 11) is 3.52. The number of aromatic nitrogens is 2. The fourth-order valence-electron chi connectivity index (χ4n) is 3.66. The van der Waals surface area contributed by atoms with E-state index in [1.165, 1.54) is 0 Å². The van der Waals surface area contributed by atoms with E-state index in [2.05, 4.69) is 22.4 Å². The van der Waals surface area contributed by atoms with Crippen LogP contribution >= 0.6 is 0 Å². The number of amides is 1. The van der Waals surface area contributed by atoms with Crippen LogP contribution in [0.25, 0.3) is 10.9 Å². The number of nitrogens with one attached hydrogen (secondary N) is 2. The molecule has 6 heteroatoms. The Morgan fingerprint density at radius 3 is 3.04 bits per heavy atom. The standard InChI is InChI=1S/C18H26N4O2/c1-4-5-12-8-9-19-11-16(12)22(2)18(23)17-14-10-13(24-3)6-7-15(14)20-21-17/h6-7,10,12,16,19H,4-5,8-9,11H2,1-3H3,(H,20,21)/t12-,16-/m0/s1. The van der Waals surface area contributed by atoms with Gasteiger partial charge in [-0.15, -0.1) is 0 Å². The largest absolute Gasteiger partial charge is 0.497 e. The lowest BCUT2D eigenvalue weighted by Crippen LogP contribution is -2.51. The molecule has 0 saturated carbocycles. The van der Waals surface area contributed by atoms with Gasteiger partial charge < -0.3 is 15.0 Å². The van der Waals surface area contributed by atoms with Crippen LogP contribution in [-0.4, -0.2) is 54.3 Å². The number of carbonyl (C=O) groups is 1. The molecule has 130 valence electrons. The number of hydrogen-bond donors (Lipinski definition) is 2. The van der Waals surface area contributed by atoms with Crippen LogP contribution in [0.1, 0.15) is 36.7 Å². The minimum absolute atomic E-state index is 0.0377. The molecule has 0 unspecified atom stereocenters. The van der Waals surface area contributed by atoms with Crippen molar-refractivity contribution >= 4 is 16.8 Å². The molecule has 3 rings (SSSR count). The fourth-order valence-corrected chi connectivity index (χ4v) is 3.66. The maximum Gasteiger partial charge on any atom is 0.275 e. The van der Waals surface area contributed by atoms with Crippen LogP contribution in [0.2, 0.25) is 0 Å². The van der Waals surface area contributed by atoms with Gasteiger partial charge in [-0.25, -0.2) is 0 Å². The highest BCUT2D eigenvalue weighted by atomic mass is 16.5. The van der Waals surface area contributed by atoms with Crippen LogP contribution in [0.5, 0.6) is 5.75 Å². The number of rotatable bonds is 5. The number of carbonyl (C=O) groups excluding carboxylic acids is 1. The first-order chi connectivity index (χ1) is 11.7. The second kappa shape index (κ2) is 7.21. The maximum atomic E-state index is 13.0. The Morgan fingerprint density at radius 1 is 1.46 bits per heavy atom. The van der Waals surface area contributed by atoms with Crippen LogP contribution < -0.4 is 10.1 Å². The zero-order chi connectivity index (χ0) is 17.1. The topological polar surface area (TPSA) is 70.2 Å². The van der Waals surface area contributed by atoms with Crippen molar-refractivity contribution in [1.29, 1.82) is 0 Å². The Hall–Kier alpha value is -2.08. The number of fused-ring (bicyclic) bond motifs is 1. The third kappa shape index (κ3) is 3.11.